The van der Waals surface area contributed by atoms with Gasteiger partial charge in [0.2, 0.25) is 0 Å². The number of nitrogens with one attached hydrogen (secondary N) is 2. The van der Waals surface area contributed by atoms with E-state index < -0.39 is 0 Å². The maximum atomic E-state index is 11.9. The highest BCUT2D eigenvalue weighted by atomic mass is 32.1. The Kier molecular flexibility index (Phi) is 10.0. The van der Waals surface area contributed by atoms with Crippen molar-refractivity contribution in [2.45, 2.75) is 32.1 Å². The number of carbonyl (C=O) groups excluding carboxylic acids is 1. The number of thiophene rings is 1. The van der Waals surface area contributed by atoms with Crippen molar-refractivity contribution >= 4 is 29.5 Å². The Morgan fingerprint density at radius 1 is 1.21 bits per heavy atom. The van der Waals surface area contributed by atoms with Crippen LogP contribution in [0.4, 0.5) is 10.5 Å². The SMILES string of the molecule is O=C(NCCCCN1CCCCC1)Nc1ccc(-c2cccs2)nc1.O=CO. The van der Waals surface area contributed by atoms with Gasteiger partial charge in [-0.1, -0.05) is 12.5 Å². The number of carboxylic acid groups (broad SMARTS) is 1. The van der Waals surface area contributed by atoms with Crippen LogP contribution in [0.1, 0.15) is 32.1 Å². The third kappa shape index (κ3) is 8.06. The number of anilines is 1. The van der Waals surface area contributed by atoms with Gasteiger partial charge in [-0.05, 0) is 68.9 Å². The summed E-state index contributed by atoms with van der Waals surface area (Å²) in [6, 6.07) is 7.70. The number of hydrogen-bond acceptors (Lipinski definition) is 5. The number of rotatable bonds is 7. The van der Waals surface area contributed by atoms with E-state index in [9.17, 15) is 4.79 Å². The summed E-state index contributed by atoms with van der Waals surface area (Å²) >= 11 is 1.66. The van der Waals surface area contributed by atoms with E-state index in [-0.39, 0.29) is 12.5 Å². The predicted octanol–water partition coefficient (Wildman–Crippen LogP) is 3.90. The number of hydrogen-bond donors (Lipinski definition) is 3. The van der Waals surface area contributed by atoms with Crippen molar-refractivity contribution in [3.63, 3.8) is 0 Å². The number of pyridine rings is 1. The van der Waals surface area contributed by atoms with Crippen LogP contribution in [0.25, 0.3) is 10.6 Å². The molecule has 1 saturated heterocycles. The van der Waals surface area contributed by atoms with Gasteiger partial charge in [-0.25, -0.2) is 4.79 Å². The fourth-order valence-electron chi connectivity index (χ4n) is 3.06. The van der Waals surface area contributed by atoms with Gasteiger partial charge in [-0.2, -0.15) is 0 Å². The summed E-state index contributed by atoms with van der Waals surface area (Å²) in [6.07, 6.45) is 7.89. The first kappa shape index (κ1) is 21.8. The van der Waals surface area contributed by atoms with Gasteiger partial charge in [0.05, 0.1) is 22.5 Å². The quantitative estimate of drug-likeness (QED) is 0.481. The molecule has 0 saturated carbocycles. The number of urea groups is 1. The summed E-state index contributed by atoms with van der Waals surface area (Å²) in [5.41, 5.74) is 1.64. The van der Waals surface area contributed by atoms with E-state index in [4.69, 9.17) is 9.90 Å². The zero-order chi connectivity index (χ0) is 20.0. The maximum Gasteiger partial charge on any atom is 0.319 e. The Balaban J connectivity index is 0.000000878. The first-order valence-corrected chi connectivity index (χ1v) is 10.5. The summed E-state index contributed by atoms with van der Waals surface area (Å²) in [4.78, 5) is 28.4. The lowest BCUT2D eigenvalue weighted by Gasteiger charge is -2.26. The molecule has 1 aliphatic heterocycles. The van der Waals surface area contributed by atoms with Crippen LogP contribution in [0.5, 0.6) is 0 Å². The number of carbonyl (C=O) groups is 2. The third-order valence-corrected chi connectivity index (χ3v) is 5.32. The molecule has 8 heteroatoms. The zero-order valence-corrected chi connectivity index (χ0v) is 16.8. The molecule has 1 fully saturated rings. The summed E-state index contributed by atoms with van der Waals surface area (Å²) in [6.45, 7) is 4.09. The largest absolute Gasteiger partial charge is 0.483 e. The average molecular weight is 405 g/mol. The monoisotopic (exact) mass is 404 g/mol. The summed E-state index contributed by atoms with van der Waals surface area (Å²) in [5, 5.41) is 14.7. The lowest BCUT2D eigenvalue weighted by molar-refractivity contribution is -0.122. The van der Waals surface area contributed by atoms with Crippen molar-refractivity contribution in [1.29, 1.82) is 0 Å². The van der Waals surface area contributed by atoms with Crippen molar-refractivity contribution in [3.05, 3.63) is 35.8 Å². The van der Waals surface area contributed by atoms with Gasteiger partial charge in [0, 0.05) is 6.54 Å². The zero-order valence-electron chi connectivity index (χ0n) is 16.0. The molecule has 3 heterocycles. The minimum absolute atomic E-state index is 0.163. The highest BCUT2D eigenvalue weighted by Crippen LogP contribution is 2.23. The van der Waals surface area contributed by atoms with Crippen LogP contribution in [0.15, 0.2) is 35.8 Å². The molecule has 2 aromatic rings. The van der Waals surface area contributed by atoms with Gasteiger partial charge in [-0.15, -0.1) is 11.3 Å². The predicted molar refractivity (Wildman–Crippen MR) is 113 cm³/mol. The molecule has 0 spiro atoms. The summed E-state index contributed by atoms with van der Waals surface area (Å²) < 4.78 is 0. The second-order valence-electron chi connectivity index (χ2n) is 6.51. The molecule has 2 amide bonds. The molecule has 0 radical (unpaired) electrons. The van der Waals surface area contributed by atoms with Gasteiger partial charge in [0.15, 0.2) is 0 Å². The Morgan fingerprint density at radius 2 is 2.00 bits per heavy atom. The molecule has 0 unspecified atom stereocenters. The Labute approximate surface area is 169 Å². The van der Waals surface area contributed by atoms with Crippen molar-refractivity contribution < 1.29 is 14.7 Å². The van der Waals surface area contributed by atoms with Gasteiger partial charge < -0.3 is 20.6 Å². The van der Waals surface area contributed by atoms with E-state index in [0.29, 0.717) is 12.2 Å². The Bertz CT molecular complexity index is 686. The molecule has 2 aromatic heterocycles. The second kappa shape index (κ2) is 12.9. The maximum absolute atomic E-state index is 11.9. The van der Waals surface area contributed by atoms with Crippen molar-refractivity contribution in [1.82, 2.24) is 15.2 Å². The molecule has 7 nitrogen and oxygen atoms in total. The first-order valence-electron chi connectivity index (χ1n) is 9.58. The minimum Gasteiger partial charge on any atom is -0.483 e. The lowest BCUT2D eigenvalue weighted by Crippen LogP contribution is -2.32. The normalized spacial score (nSPS) is 13.9. The van der Waals surface area contributed by atoms with Gasteiger partial charge in [0.25, 0.3) is 6.47 Å². The van der Waals surface area contributed by atoms with Crippen molar-refractivity contribution in [3.8, 4) is 10.6 Å². The minimum atomic E-state index is -0.250. The lowest BCUT2D eigenvalue weighted by atomic mass is 10.1. The molecule has 0 atom stereocenters. The first-order chi connectivity index (χ1) is 13.7. The van der Waals surface area contributed by atoms with Crippen LogP contribution in [-0.4, -0.2) is 53.7 Å². The topological polar surface area (TPSA) is 94.6 Å². The standard InChI is InChI=1S/C19H26N4OS.CH2O2/c24-19(20-10-2-5-13-23-11-3-1-4-12-23)22-16-8-9-17(21-15-16)18-7-6-14-25-18;2-1-3/h6-9,14-15H,1-5,10-13H2,(H2,20,22,24);1H,(H,2,3). The second-order valence-corrected chi connectivity index (χ2v) is 7.45. The fourth-order valence-corrected chi connectivity index (χ4v) is 3.76. The van der Waals surface area contributed by atoms with Gasteiger partial charge >= 0.3 is 6.03 Å². The molecule has 3 rings (SSSR count). The van der Waals surface area contributed by atoms with E-state index in [1.54, 1.807) is 17.5 Å². The smallest absolute Gasteiger partial charge is 0.319 e. The summed E-state index contributed by atoms with van der Waals surface area (Å²) in [5.74, 6) is 0. The highest BCUT2D eigenvalue weighted by Gasteiger charge is 2.09. The highest BCUT2D eigenvalue weighted by molar-refractivity contribution is 7.13. The van der Waals surface area contributed by atoms with Gasteiger partial charge in [-0.3, -0.25) is 9.78 Å². The number of amides is 2. The van der Waals surface area contributed by atoms with Crippen LogP contribution in [-0.2, 0) is 4.79 Å². The van der Waals surface area contributed by atoms with Crippen LogP contribution >= 0.6 is 11.3 Å². The van der Waals surface area contributed by atoms with E-state index in [1.807, 2.05) is 29.6 Å². The van der Waals surface area contributed by atoms with Gasteiger partial charge in [0.1, 0.15) is 0 Å². The van der Waals surface area contributed by atoms with Crippen LogP contribution in [0, 0.1) is 0 Å². The molecule has 28 heavy (non-hydrogen) atoms. The van der Waals surface area contributed by atoms with Crippen LogP contribution in [0.3, 0.4) is 0 Å². The summed E-state index contributed by atoms with van der Waals surface area (Å²) in [7, 11) is 0. The average Bonchev–Trinajstić information content (AvgIpc) is 3.25. The molecular formula is C20H28N4O3S. The van der Waals surface area contributed by atoms with E-state index >= 15 is 0 Å². The van der Waals surface area contributed by atoms with Crippen molar-refractivity contribution in [2.75, 3.05) is 31.5 Å². The molecular weight excluding hydrogens is 376 g/mol. The van der Waals surface area contributed by atoms with E-state index in [1.165, 1.54) is 32.4 Å². The molecule has 0 bridgehead atoms. The van der Waals surface area contributed by atoms with Crippen LogP contribution in [0.2, 0.25) is 0 Å². The third-order valence-electron chi connectivity index (χ3n) is 4.43. The number of aromatic nitrogens is 1. The van der Waals surface area contributed by atoms with E-state index in [0.717, 1.165) is 30.0 Å². The van der Waals surface area contributed by atoms with E-state index in [2.05, 4.69) is 20.5 Å². The fraction of sp³-hybridized carbons (Fsp3) is 0.450. The Morgan fingerprint density at radius 3 is 2.64 bits per heavy atom. The molecule has 3 N–H and O–H groups in total. The number of nitrogens with zero attached hydrogens (tertiary/aromatic N) is 2. The Hall–Kier alpha value is -2.45. The molecule has 1 aliphatic rings. The molecule has 0 aliphatic carbocycles. The van der Waals surface area contributed by atoms with Crippen LogP contribution < -0.4 is 10.6 Å². The number of piperidine rings is 1. The molecule has 0 aromatic carbocycles. The number of likely N-dealkylation sites (tertiary alicyclic amines) is 1. The van der Waals surface area contributed by atoms with Crippen molar-refractivity contribution in [2.24, 2.45) is 0 Å². The number of unbranched alkanes of at least 4 members (excludes halogenated alkanes) is 1. The molecule has 152 valence electrons.